The summed E-state index contributed by atoms with van der Waals surface area (Å²) >= 11 is 0. The van der Waals surface area contributed by atoms with E-state index in [2.05, 4.69) is 18.5 Å². The summed E-state index contributed by atoms with van der Waals surface area (Å²) in [6, 6.07) is 0. The van der Waals surface area contributed by atoms with E-state index in [1.54, 1.807) is 6.08 Å². The molecule has 0 N–H and O–H groups in total. The van der Waals surface area contributed by atoms with Crippen LogP contribution in [0.5, 0.6) is 0 Å². The first-order valence-corrected chi connectivity index (χ1v) is 5.72. The summed E-state index contributed by atoms with van der Waals surface area (Å²) in [6.45, 7) is 5.84. The molecule has 0 heterocycles. The van der Waals surface area contributed by atoms with Crippen molar-refractivity contribution < 1.29 is 0 Å². The maximum absolute atomic E-state index is 4.52. The molecule has 0 unspecified atom stereocenters. The highest BCUT2D eigenvalue weighted by molar-refractivity contribution is 5.87. The first kappa shape index (κ1) is 11.2. The Morgan fingerprint density at radius 3 is 2.64 bits per heavy atom. The van der Waals surface area contributed by atoms with Crippen LogP contribution in [0, 0.1) is 5.92 Å². The third-order valence-corrected chi connectivity index (χ3v) is 2.90. The smallest absolute Gasteiger partial charge is 0.0267 e. The zero-order valence-corrected chi connectivity index (χ0v) is 9.21. The number of hydrogen-bond donors (Lipinski definition) is 0. The van der Waals surface area contributed by atoms with Gasteiger partial charge in [0.15, 0.2) is 0 Å². The van der Waals surface area contributed by atoms with Crippen molar-refractivity contribution >= 4 is 5.71 Å². The Labute approximate surface area is 87.6 Å². The molecule has 0 aromatic heterocycles. The van der Waals surface area contributed by atoms with E-state index in [9.17, 15) is 0 Å². The Morgan fingerprint density at radius 2 is 2.07 bits per heavy atom. The second-order valence-electron chi connectivity index (χ2n) is 3.89. The minimum Gasteiger partial charge on any atom is -0.265 e. The van der Waals surface area contributed by atoms with Gasteiger partial charge in [-0.05, 0) is 31.3 Å². The van der Waals surface area contributed by atoms with E-state index in [4.69, 9.17) is 0 Å². The molecule has 1 heteroatoms. The van der Waals surface area contributed by atoms with E-state index in [-0.39, 0.29) is 0 Å². The number of allylic oxidation sites excluding steroid dienone is 2. The van der Waals surface area contributed by atoms with Gasteiger partial charge < -0.3 is 0 Å². The van der Waals surface area contributed by atoms with E-state index in [0.29, 0.717) is 0 Å². The lowest BCUT2D eigenvalue weighted by atomic mass is 9.85. The normalized spacial score (nSPS) is 20.2. The SMILES string of the molecule is C=C/C=C\N=C(CC)C1CCCCC1. The van der Waals surface area contributed by atoms with Crippen molar-refractivity contribution in [2.24, 2.45) is 10.9 Å². The zero-order valence-electron chi connectivity index (χ0n) is 9.21. The Hall–Kier alpha value is -0.850. The first-order valence-electron chi connectivity index (χ1n) is 5.72. The van der Waals surface area contributed by atoms with Crippen LogP contribution >= 0.6 is 0 Å². The number of rotatable bonds is 4. The van der Waals surface area contributed by atoms with E-state index >= 15 is 0 Å². The van der Waals surface area contributed by atoms with Crippen molar-refractivity contribution in [1.29, 1.82) is 0 Å². The van der Waals surface area contributed by atoms with E-state index < -0.39 is 0 Å². The molecule has 0 spiro atoms. The standard InChI is InChI=1S/C13H21N/c1-3-5-11-14-13(4-2)12-9-7-6-8-10-12/h3,5,11-12H,1,4,6-10H2,2H3/b11-5-,14-13?. The van der Waals surface area contributed by atoms with Gasteiger partial charge in [0.05, 0.1) is 0 Å². The van der Waals surface area contributed by atoms with Crippen LogP contribution in [0.1, 0.15) is 45.4 Å². The van der Waals surface area contributed by atoms with Crippen LogP contribution in [-0.4, -0.2) is 5.71 Å². The van der Waals surface area contributed by atoms with Crippen LogP contribution in [0.3, 0.4) is 0 Å². The fraction of sp³-hybridized carbons (Fsp3) is 0.615. The predicted molar refractivity (Wildman–Crippen MR) is 63.6 cm³/mol. The van der Waals surface area contributed by atoms with Crippen molar-refractivity contribution in [3.8, 4) is 0 Å². The molecule has 78 valence electrons. The predicted octanol–water partition coefficient (Wildman–Crippen LogP) is 4.12. The molecule has 0 amide bonds. The molecule has 1 aliphatic carbocycles. The van der Waals surface area contributed by atoms with Gasteiger partial charge in [0.25, 0.3) is 0 Å². The van der Waals surface area contributed by atoms with Gasteiger partial charge in [0.1, 0.15) is 0 Å². The lowest BCUT2D eigenvalue weighted by Crippen LogP contribution is -2.16. The molecule has 0 bridgehead atoms. The van der Waals surface area contributed by atoms with Gasteiger partial charge >= 0.3 is 0 Å². The summed E-state index contributed by atoms with van der Waals surface area (Å²) in [4.78, 5) is 4.52. The zero-order chi connectivity index (χ0) is 10.2. The average Bonchev–Trinajstić information content (AvgIpc) is 2.26. The summed E-state index contributed by atoms with van der Waals surface area (Å²) in [7, 11) is 0. The summed E-state index contributed by atoms with van der Waals surface area (Å²) in [6.07, 6.45) is 13.5. The maximum Gasteiger partial charge on any atom is 0.0267 e. The van der Waals surface area contributed by atoms with Crippen LogP contribution in [0.25, 0.3) is 0 Å². The van der Waals surface area contributed by atoms with Gasteiger partial charge in [-0.1, -0.05) is 38.8 Å². The van der Waals surface area contributed by atoms with Crippen LogP contribution in [-0.2, 0) is 0 Å². The molecule has 0 radical (unpaired) electrons. The highest BCUT2D eigenvalue weighted by Gasteiger charge is 2.17. The number of hydrogen-bond acceptors (Lipinski definition) is 1. The number of aliphatic imine (C=N–C) groups is 1. The highest BCUT2D eigenvalue weighted by Crippen LogP contribution is 2.25. The molecule has 0 aromatic carbocycles. The molecule has 1 rings (SSSR count). The first-order chi connectivity index (χ1) is 6.88. The van der Waals surface area contributed by atoms with Crippen molar-refractivity contribution in [1.82, 2.24) is 0 Å². The molecule has 1 aliphatic rings. The Kier molecular flexibility index (Phi) is 5.28. The topological polar surface area (TPSA) is 12.4 Å². The minimum atomic E-state index is 0.753. The van der Waals surface area contributed by atoms with Gasteiger partial charge in [-0.15, -0.1) is 0 Å². The Morgan fingerprint density at radius 1 is 1.36 bits per heavy atom. The maximum atomic E-state index is 4.52. The summed E-state index contributed by atoms with van der Waals surface area (Å²) in [5, 5.41) is 0. The molecule has 1 fully saturated rings. The van der Waals surface area contributed by atoms with Gasteiger partial charge in [-0.3, -0.25) is 4.99 Å². The fourth-order valence-electron chi connectivity index (χ4n) is 2.12. The number of nitrogens with zero attached hydrogens (tertiary/aromatic N) is 1. The van der Waals surface area contributed by atoms with Crippen molar-refractivity contribution in [2.75, 3.05) is 0 Å². The molecule has 1 saturated carbocycles. The fourth-order valence-corrected chi connectivity index (χ4v) is 2.12. The lowest BCUT2D eigenvalue weighted by Gasteiger charge is -2.22. The van der Waals surface area contributed by atoms with Crippen LogP contribution in [0.4, 0.5) is 0 Å². The lowest BCUT2D eigenvalue weighted by molar-refractivity contribution is 0.436. The van der Waals surface area contributed by atoms with Gasteiger partial charge in [-0.2, -0.15) is 0 Å². The third kappa shape index (κ3) is 3.49. The molecule has 0 aliphatic heterocycles. The highest BCUT2D eigenvalue weighted by atomic mass is 14.7. The monoisotopic (exact) mass is 191 g/mol. The Bertz CT molecular complexity index is 219. The summed E-state index contributed by atoms with van der Waals surface area (Å²) < 4.78 is 0. The van der Waals surface area contributed by atoms with Gasteiger partial charge in [0.2, 0.25) is 0 Å². The van der Waals surface area contributed by atoms with Gasteiger partial charge in [-0.25, -0.2) is 0 Å². The van der Waals surface area contributed by atoms with Crippen LogP contribution in [0.2, 0.25) is 0 Å². The largest absolute Gasteiger partial charge is 0.265 e. The van der Waals surface area contributed by atoms with E-state index in [1.165, 1.54) is 37.8 Å². The Balaban J connectivity index is 2.54. The van der Waals surface area contributed by atoms with Crippen molar-refractivity contribution in [3.63, 3.8) is 0 Å². The second-order valence-corrected chi connectivity index (χ2v) is 3.89. The van der Waals surface area contributed by atoms with Gasteiger partial charge in [0, 0.05) is 11.9 Å². The molecular weight excluding hydrogens is 170 g/mol. The summed E-state index contributed by atoms with van der Waals surface area (Å²) in [5.74, 6) is 0.753. The molecule has 0 atom stereocenters. The quantitative estimate of drug-likeness (QED) is 0.468. The summed E-state index contributed by atoms with van der Waals surface area (Å²) in [5.41, 5.74) is 1.38. The average molecular weight is 191 g/mol. The van der Waals surface area contributed by atoms with Crippen LogP contribution < -0.4 is 0 Å². The molecule has 14 heavy (non-hydrogen) atoms. The van der Waals surface area contributed by atoms with Crippen molar-refractivity contribution in [2.45, 2.75) is 45.4 Å². The third-order valence-electron chi connectivity index (χ3n) is 2.90. The van der Waals surface area contributed by atoms with Crippen molar-refractivity contribution in [3.05, 3.63) is 24.9 Å². The molecule has 0 saturated heterocycles. The minimum absolute atomic E-state index is 0.753. The van der Waals surface area contributed by atoms with E-state index in [1.807, 2.05) is 12.3 Å². The van der Waals surface area contributed by atoms with Crippen LogP contribution in [0.15, 0.2) is 29.9 Å². The second kappa shape index (κ2) is 6.58. The molecule has 1 nitrogen and oxygen atoms in total. The van der Waals surface area contributed by atoms with E-state index in [0.717, 1.165) is 12.3 Å². The molecule has 0 aromatic rings. The molecular formula is C13H21N.